The van der Waals surface area contributed by atoms with Crippen molar-refractivity contribution >= 4 is 24.0 Å². The van der Waals surface area contributed by atoms with Gasteiger partial charge in [-0.25, -0.2) is 0 Å². The molecule has 0 radical (unpaired) electrons. The summed E-state index contributed by atoms with van der Waals surface area (Å²) in [5.41, 5.74) is -0.843. The van der Waals surface area contributed by atoms with Crippen molar-refractivity contribution in [2.24, 2.45) is 0 Å². The van der Waals surface area contributed by atoms with Crippen molar-refractivity contribution in [3.05, 3.63) is 10.9 Å². The molecule has 1 fully saturated rings. The predicted molar refractivity (Wildman–Crippen MR) is 42.2 cm³/mol. The second-order valence-corrected chi connectivity index (χ2v) is 3.46. The minimum absolute atomic E-state index is 0. The summed E-state index contributed by atoms with van der Waals surface area (Å²) in [6, 6.07) is 0. The Labute approximate surface area is 126 Å². The average Bonchev–Trinajstić information content (AvgIpc) is 2.73. The van der Waals surface area contributed by atoms with Gasteiger partial charge in [-0.15, -0.1) is 0 Å². The van der Waals surface area contributed by atoms with Crippen LogP contribution in [0.3, 0.4) is 0 Å². The fourth-order valence-corrected chi connectivity index (χ4v) is 1.48. The van der Waals surface area contributed by atoms with Crippen molar-refractivity contribution in [1.29, 1.82) is 0 Å². The normalized spacial score (nSPS) is 16.6. The van der Waals surface area contributed by atoms with E-state index in [2.05, 4.69) is 9.68 Å². The molecule has 1 saturated carbocycles. The quantitative estimate of drug-likeness (QED) is 0.646. The van der Waals surface area contributed by atoms with Gasteiger partial charge in [-0.2, -0.15) is 0 Å². The van der Waals surface area contributed by atoms with Crippen LogP contribution in [0, 0.1) is 0 Å². The van der Waals surface area contributed by atoms with E-state index in [0.29, 0.717) is 0 Å². The Morgan fingerprint density at radius 1 is 1.36 bits per heavy atom. The van der Waals surface area contributed by atoms with Gasteiger partial charge < -0.3 is 17.5 Å². The molecular weight excluding hydrogens is 244 g/mol. The van der Waals surface area contributed by atoms with Crippen LogP contribution in [-0.4, -0.2) is 12.1 Å². The van der Waals surface area contributed by atoms with Crippen LogP contribution in [0.15, 0.2) is 4.52 Å². The van der Waals surface area contributed by atoms with E-state index in [0.717, 1.165) is 12.8 Å². The summed E-state index contributed by atoms with van der Waals surface area (Å²) in [6.45, 7) is -5.10. The molecule has 0 aliphatic heterocycles. The Balaban J connectivity index is 0.000000980. The van der Waals surface area contributed by atoms with Crippen molar-refractivity contribution < 1.29 is 68.9 Å². The standard InChI is InChI=1S/C6H5BClF3NO.K/c8-6-4(7(9,10)11)5(13-12-6)3-1-2-3;/h3H,1-2H2;/q-1;+1. The molecule has 1 aromatic rings. The van der Waals surface area contributed by atoms with Crippen molar-refractivity contribution in [3.63, 3.8) is 0 Å². The minimum atomic E-state index is -5.10. The monoisotopic (exact) mass is 249 g/mol. The molecule has 1 aliphatic rings. The van der Waals surface area contributed by atoms with E-state index in [1.807, 2.05) is 0 Å². The molecule has 1 heterocycles. The van der Waals surface area contributed by atoms with Crippen LogP contribution < -0.4 is 56.8 Å². The molecule has 8 heteroatoms. The predicted octanol–water partition coefficient (Wildman–Crippen LogP) is -0.736. The van der Waals surface area contributed by atoms with Gasteiger partial charge >= 0.3 is 58.4 Å². The number of hydrogen-bond donors (Lipinski definition) is 0. The third-order valence-electron chi connectivity index (χ3n) is 1.99. The van der Waals surface area contributed by atoms with Crippen LogP contribution in [0.4, 0.5) is 12.9 Å². The molecule has 72 valence electrons. The Kier molecular flexibility index (Phi) is 4.17. The van der Waals surface area contributed by atoms with Crippen molar-refractivity contribution in [2.75, 3.05) is 0 Å². The summed E-state index contributed by atoms with van der Waals surface area (Å²) in [4.78, 5) is 0. The van der Waals surface area contributed by atoms with E-state index in [9.17, 15) is 12.9 Å². The molecule has 1 aliphatic carbocycles. The number of hydrogen-bond acceptors (Lipinski definition) is 2. The zero-order valence-electron chi connectivity index (χ0n) is 7.44. The largest absolute Gasteiger partial charge is 1.00 e. The number of rotatable bonds is 2. The summed E-state index contributed by atoms with van der Waals surface area (Å²) in [6.07, 6.45) is 1.45. The van der Waals surface area contributed by atoms with Crippen molar-refractivity contribution in [2.45, 2.75) is 18.8 Å². The van der Waals surface area contributed by atoms with Crippen LogP contribution >= 0.6 is 11.6 Å². The Hall–Kier alpha value is 0.991. The first kappa shape index (κ1) is 13.1. The molecule has 1 aromatic heterocycles. The first-order chi connectivity index (χ1) is 6.00. The molecule has 0 atom stereocenters. The zero-order chi connectivity index (χ0) is 9.64. The van der Waals surface area contributed by atoms with E-state index >= 15 is 0 Å². The van der Waals surface area contributed by atoms with Gasteiger partial charge in [-0.1, -0.05) is 16.8 Å². The topological polar surface area (TPSA) is 26.0 Å². The Morgan fingerprint density at radius 3 is 2.36 bits per heavy atom. The van der Waals surface area contributed by atoms with E-state index in [-0.39, 0.29) is 63.1 Å². The van der Waals surface area contributed by atoms with Crippen molar-refractivity contribution in [1.82, 2.24) is 5.16 Å². The van der Waals surface area contributed by atoms with Crippen molar-refractivity contribution in [3.8, 4) is 0 Å². The molecule has 0 amide bonds. The van der Waals surface area contributed by atoms with Gasteiger partial charge in [0.15, 0.2) is 0 Å². The summed E-state index contributed by atoms with van der Waals surface area (Å²) >= 11 is 5.29. The third kappa shape index (κ3) is 2.56. The van der Waals surface area contributed by atoms with Gasteiger partial charge in [0.05, 0.1) is 0 Å². The zero-order valence-corrected chi connectivity index (χ0v) is 11.3. The molecule has 0 unspecified atom stereocenters. The van der Waals surface area contributed by atoms with Crippen LogP contribution in [0.5, 0.6) is 0 Å². The van der Waals surface area contributed by atoms with Gasteiger partial charge in [0.25, 0.3) is 0 Å². The summed E-state index contributed by atoms with van der Waals surface area (Å²) < 4.78 is 41.8. The molecule has 0 N–H and O–H groups in total. The smallest absolute Gasteiger partial charge is 0.445 e. The maximum Gasteiger partial charge on any atom is 1.00 e. The van der Waals surface area contributed by atoms with Crippen LogP contribution in [0.1, 0.15) is 24.5 Å². The fraction of sp³-hybridized carbons (Fsp3) is 0.500. The van der Waals surface area contributed by atoms with Crippen LogP contribution in [0.25, 0.3) is 0 Å². The third-order valence-corrected chi connectivity index (χ3v) is 2.26. The van der Waals surface area contributed by atoms with E-state index in [1.165, 1.54) is 0 Å². The van der Waals surface area contributed by atoms with Gasteiger partial charge in [0.2, 0.25) is 0 Å². The number of nitrogens with zero attached hydrogens (tertiary/aromatic N) is 1. The summed E-state index contributed by atoms with van der Waals surface area (Å²) in [7, 11) is 0. The first-order valence-electron chi connectivity index (χ1n) is 3.85. The molecule has 0 aromatic carbocycles. The second-order valence-electron chi connectivity index (χ2n) is 3.10. The molecule has 2 rings (SSSR count). The number of aromatic nitrogens is 1. The van der Waals surface area contributed by atoms with E-state index < -0.39 is 17.6 Å². The number of halogens is 4. The van der Waals surface area contributed by atoms with Gasteiger partial charge in [0.1, 0.15) is 10.9 Å². The maximum atomic E-state index is 12.4. The molecule has 0 spiro atoms. The van der Waals surface area contributed by atoms with Crippen LogP contribution in [-0.2, 0) is 0 Å². The molecule has 0 saturated heterocycles. The molecule has 2 nitrogen and oxygen atoms in total. The molecule has 0 bridgehead atoms. The fourth-order valence-electron chi connectivity index (χ4n) is 1.23. The van der Waals surface area contributed by atoms with E-state index in [4.69, 9.17) is 11.6 Å². The second kappa shape index (κ2) is 4.47. The SMILES string of the molecule is F[B-](F)(F)c1c(Cl)noc1C1CC1.[K+]. The first-order valence-corrected chi connectivity index (χ1v) is 4.23. The van der Waals surface area contributed by atoms with Crippen LogP contribution in [0.2, 0.25) is 5.15 Å². The molecular formula is C6H5BClF3KNO. The van der Waals surface area contributed by atoms with Gasteiger partial charge in [0, 0.05) is 5.92 Å². The van der Waals surface area contributed by atoms with Gasteiger partial charge in [-0.3, -0.25) is 0 Å². The van der Waals surface area contributed by atoms with E-state index in [1.54, 1.807) is 0 Å². The Morgan fingerprint density at radius 2 is 1.93 bits per heavy atom. The minimum Gasteiger partial charge on any atom is -0.445 e. The Bertz CT molecular complexity index is 338. The molecule has 14 heavy (non-hydrogen) atoms. The summed E-state index contributed by atoms with van der Waals surface area (Å²) in [5, 5.41) is 2.57. The maximum absolute atomic E-state index is 12.4. The summed E-state index contributed by atoms with van der Waals surface area (Å²) in [5.74, 6) is -0.212. The van der Waals surface area contributed by atoms with Gasteiger partial charge in [-0.05, 0) is 18.3 Å². The average molecular weight is 249 g/mol.